The third-order valence-electron chi connectivity index (χ3n) is 4.46. The first-order valence-corrected chi connectivity index (χ1v) is 7.98. The van der Waals surface area contributed by atoms with Crippen molar-refractivity contribution in [1.82, 2.24) is 15.1 Å². The molecule has 2 fully saturated rings. The van der Waals surface area contributed by atoms with Crippen molar-refractivity contribution in [2.24, 2.45) is 0 Å². The van der Waals surface area contributed by atoms with Gasteiger partial charge >= 0.3 is 6.03 Å². The highest BCUT2D eigenvalue weighted by Gasteiger charge is 2.36. The van der Waals surface area contributed by atoms with E-state index in [1.54, 1.807) is 19.5 Å². The first-order chi connectivity index (χ1) is 10.6. The van der Waals surface area contributed by atoms with Gasteiger partial charge in [-0.25, -0.2) is 4.79 Å². The van der Waals surface area contributed by atoms with Crippen LogP contribution in [0.5, 0.6) is 0 Å². The zero-order valence-electron chi connectivity index (χ0n) is 13.0. The number of likely N-dealkylation sites (tertiary alicyclic amines) is 1. The Labute approximate surface area is 130 Å². The van der Waals surface area contributed by atoms with Gasteiger partial charge in [-0.05, 0) is 31.7 Å². The van der Waals surface area contributed by atoms with Crippen molar-refractivity contribution in [3.05, 3.63) is 24.2 Å². The maximum absolute atomic E-state index is 12.4. The highest BCUT2D eigenvalue weighted by atomic mass is 16.3. The fraction of sp³-hybridized carbons (Fsp3) is 0.625. The van der Waals surface area contributed by atoms with Crippen molar-refractivity contribution in [3.63, 3.8) is 0 Å². The lowest BCUT2D eigenvalue weighted by molar-refractivity contribution is -0.130. The molecule has 0 bridgehead atoms. The molecule has 1 aliphatic heterocycles. The molecule has 0 spiro atoms. The molecule has 2 aliphatic rings. The molecule has 6 nitrogen and oxygen atoms in total. The summed E-state index contributed by atoms with van der Waals surface area (Å²) in [5.74, 6) is 0.119. The molecule has 1 N–H and O–H groups in total. The van der Waals surface area contributed by atoms with Crippen molar-refractivity contribution in [2.75, 3.05) is 13.1 Å². The number of hydrogen-bond acceptors (Lipinski definition) is 3. The number of rotatable bonds is 5. The Morgan fingerprint density at radius 1 is 1.41 bits per heavy atom. The number of carbonyl (C=O) groups is 2. The number of hydrogen-bond donors (Lipinski definition) is 1. The summed E-state index contributed by atoms with van der Waals surface area (Å²) in [6.45, 7) is 3.52. The largest absolute Gasteiger partial charge is 0.472 e. The third-order valence-corrected chi connectivity index (χ3v) is 4.46. The van der Waals surface area contributed by atoms with Crippen LogP contribution in [0.4, 0.5) is 4.79 Å². The van der Waals surface area contributed by atoms with E-state index in [9.17, 15) is 9.59 Å². The van der Waals surface area contributed by atoms with E-state index in [4.69, 9.17) is 4.42 Å². The summed E-state index contributed by atoms with van der Waals surface area (Å²) in [5, 5.41) is 2.93. The third kappa shape index (κ3) is 3.43. The van der Waals surface area contributed by atoms with Crippen molar-refractivity contribution in [1.29, 1.82) is 0 Å². The fourth-order valence-corrected chi connectivity index (χ4v) is 3.11. The van der Waals surface area contributed by atoms with Crippen molar-refractivity contribution in [3.8, 4) is 0 Å². The summed E-state index contributed by atoms with van der Waals surface area (Å²) in [4.78, 5) is 27.9. The Balaban J connectivity index is 1.55. The van der Waals surface area contributed by atoms with Gasteiger partial charge in [0.15, 0.2) is 0 Å². The topological polar surface area (TPSA) is 65.8 Å². The van der Waals surface area contributed by atoms with Crippen LogP contribution in [0.25, 0.3) is 0 Å². The molecule has 1 atom stereocenters. The fourth-order valence-electron chi connectivity index (χ4n) is 3.11. The summed E-state index contributed by atoms with van der Waals surface area (Å²) in [7, 11) is 0. The van der Waals surface area contributed by atoms with Gasteiger partial charge in [0.2, 0.25) is 5.91 Å². The van der Waals surface area contributed by atoms with Crippen LogP contribution in [-0.4, -0.2) is 46.9 Å². The van der Waals surface area contributed by atoms with E-state index in [1.165, 1.54) is 0 Å². The molecule has 2 heterocycles. The summed E-state index contributed by atoms with van der Waals surface area (Å²) in [6.07, 6.45) is 7.39. The minimum Gasteiger partial charge on any atom is -0.472 e. The van der Waals surface area contributed by atoms with Crippen LogP contribution in [0.2, 0.25) is 0 Å². The number of furan rings is 1. The summed E-state index contributed by atoms with van der Waals surface area (Å²) in [5.41, 5.74) is 0.951. The molecule has 1 saturated carbocycles. The average Bonchev–Trinajstić information content (AvgIpc) is 3.02. The number of nitrogens with one attached hydrogen (secondary N) is 1. The van der Waals surface area contributed by atoms with E-state index in [0.29, 0.717) is 19.1 Å². The smallest absolute Gasteiger partial charge is 0.317 e. The van der Waals surface area contributed by atoms with E-state index in [0.717, 1.165) is 37.8 Å². The zero-order chi connectivity index (χ0) is 15.5. The summed E-state index contributed by atoms with van der Waals surface area (Å²) < 4.78 is 5.00. The molecular weight excluding hydrogens is 282 g/mol. The Morgan fingerprint density at radius 3 is 2.86 bits per heavy atom. The second kappa shape index (κ2) is 6.42. The van der Waals surface area contributed by atoms with E-state index in [1.807, 2.05) is 15.9 Å². The molecule has 6 heteroatoms. The van der Waals surface area contributed by atoms with Crippen LogP contribution in [0.15, 0.2) is 23.0 Å². The van der Waals surface area contributed by atoms with Crippen LogP contribution in [0.1, 0.15) is 38.2 Å². The van der Waals surface area contributed by atoms with Gasteiger partial charge in [0.1, 0.15) is 0 Å². The molecule has 1 aliphatic carbocycles. The molecule has 1 aromatic rings. The summed E-state index contributed by atoms with van der Waals surface area (Å²) >= 11 is 0. The maximum Gasteiger partial charge on any atom is 0.317 e. The number of amides is 3. The SMILES string of the molecule is CC(=O)N(C[C@@H]1CCCN1C(=O)NCc1ccoc1)C1CC1. The second-order valence-corrected chi connectivity index (χ2v) is 6.18. The molecular formula is C16H23N3O3. The monoisotopic (exact) mass is 305 g/mol. The Bertz CT molecular complexity index is 525. The van der Waals surface area contributed by atoms with E-state index < -0.39 is 0 Å². The van der Waals surface area contributed by atoms with E-state index in [2.05, 4.69) is 5.32 Å². The first kappa shape index (κ1) is 14.9. The minimum atomic E-state index is -0.0528. The van der Waals surface area contributed by atoms with Gasteiger partial charge in [0, 0.05) is 38.2 Å². The molecule has 1 aromatic heterocycles. The van der Waals surface area contributed by atoms with Crippen LogP contribution >= 0.6 is 0 Å². The lowest BCUT2D eigenvalue weighted by Crippen LogP contribution is -2.48. The van der Waals surface area contributed by atoms with Crippen molar-refractivity contribution >= 4 is 11.9 Å². The molecule has 120 valence electrons. The Morgan fingerprint density at radius 2 is 2.23 bits per heavy atom. The Hall–Kier alpha value is -1.98. The van der Waals surface area contributed by atoms with Gasteiger partial charge in [-0.3, -0.25) is 4.79 Å². The molecule has 22 heavy (non-hydrogen) atoms. The molecule has 0 radical (unpaired) electrons. The molecule has 0 aromatic carbocycles. The van der Waals surface area contributed by atoms with Crippen LogP contribution < -0.4 is 5.32 Å². The van der Waals surface area contributed by atoms with Crippen LogP contribution in [0.3, 0.4) is 0 Å². The molecule has 1 saturated heterocycles. The lowest BCUT2D eigenvalue weighted by atomic mass is 10.2. The zero-order valence-corrected chi connectivity index (χ0v) is 13.0. The highest BCUT2D eigenvalue weighted by molar-refractivity contribution is 5.76. The quantitative estimate of drug-likeness (QED) is 0.904. The number of urea groups is 1. The number of nitrogens with zero attached hydrogens (tertiary/aromatic N) is 2. The van der Waals surface area contributed by atoms with E-state index >= 15 is 0 Å². The van der Waals surface area contributed by atoms with Crippen LogP contribution in [-0.2, 0) is 11.3 Å². The van der Waals surface area contributed by atoms with Crippen molar-refractivity contribution in [2.45, 2.75) is 51.2 Å². The standard InChI is InChI=1S/C16H23N3O3/c1-12(20)19(14-4-5-14)10-15-3-2-7-18(15)16(21)17-9-13-6-8-22-11-13/h6,8,11,14-15H,2-5,7,9-10H2,1H3,(H,17,21)/t15-/m0/s1. The van der Waals surface area contributed by atoms with E-state index in [-0.39, 0.29) is 18.0 Å². The van der Waals surface area contributed by atoms with Gasteiger partial charge < -0.3 is 19.5 Å². The predicted molar refractivity (Wildman–Crippen MR) is 81.1 cm³/mol. The average molecular weight is 305 g/mol. The lowest BCUT2D eigenvalue weighted by Gasteiger charge is -2.30. The van der Waals surface area contributed by atoms with Gasteiger partial charge in [0.25, 0.3) is 0 Å². The van der Waals surface area contributed by atoms with Gasteiger partial charge in [-0.2, -0.15) is 0 Å². The molecule has 3 rings (SSSR count). The van der Waals surface area contributed by atoms with Crippen molar-refractivity contribution < 1.29 is 14.0 Å². The first-order valence-electron chi connectivity index (χ1n) is 7.98. The number of carbonyl (C=O) groups excluding carboxylic acids is 2. The van der Waals surface area contributed by atoms with Gasteiger partial charge in [-0.1, -0.05) is 0 Å². The van der Waals surface area contributed by atoms with Crippen LogP contribution in [0, 0.1) is 0 Å². The second-order valence-electron chi connectivity index (χ2n) is 6.18. The minimum absolute atomic E-state index is 0.0528. The predicted octanol–water partition coefficient (Wildman–Crippen LogP) is 1.96. The highest BCUT2D eigenvalue weighted by Crippen LogP contribution is 2.29. The van der Waals surface area contributed by atoms with Gasteiger partial charge in [-0.15, -0.1) is 0 Å². The molecule has 0 unspecified atom stereocenters. The van der Waals surface area contributed by atoms with Gasteiger partial charge in [0.05, 0.1) is 18.6 Å². The Kier molecular flexibility index (Phi) is 4.36. The normalized spacial score (nSPS) is 21.0. The maximum atomic E-state index is 12.4. The summed E-state index contributed by atoms with van der Waals surface area (Å²) in [6, 6.07) is 2.32. The molecule has 3 amide bonds.